The van der Waals surface area contributed by atoms with Gasteiger partial charge in [-0.15, -0.1) is 5.06 Å². The van der Waals surface area contributed by atoms with E-state index in [0.717, 1.165) is 19.3 Å². The molecule has 0 aliphatic heterocycles. The first-order chi connectivity index (χ1) is 10.2. The van der Waals surface area contributed by atoms with Gasteiger partial charge in [-0.05, 0) is 77.0 Å². The number of hydroxylamine groups is 2. The van der Waals surface area contributed by atoms with Gasteiger partial charge in [0.2, 0.25) is 0 Å². The predicted molar refractivity (Wildman–Crippen MR) is 80.7 cm³/mol. The zero-order valence-electron chi connectivity index (χ0n) is 14.1. The largest absolute Gasteiger partial charge is 0.444 e. The molecule has 124 valence electrons. The Labute approximate surface area is 132 Å². The highest BCUT2D eigenvalue weighted by atomic mass is 16.8. The first kappa shape index (κ1) is 15.6. The summed E-state index contributed by atoms with van der Waals surface area (Å²) in [5, 5.41) is 1.30. The number of carbonyl (C=O) groups excluding carboxylic acids is 2. The van der Waals surface area contributed by atoms with Crippen molar-refractivity contribution in [1.82, 2.24) is 5.06 Å². The van der Waals surface area contributed by atoms with Crippen molar-refractivity contribution in [2.24, 2.45) is 17.8 Å². The Morgan fingerprint density at radius 1 is 1.00 bits per heavy atom. The predicted octanol–water partition coefficient (Wildman–Crippen LogP) is 3.67. The summed E-state index contributed by atoms with van der Waals surface area (Å²) in [7, 11) is 0. The van der Waals surface area contributed by atoms with Crippen LogP contribution in [0.15, 0.2) is 0 Å². The van der Waals surface area contributed by atoms with Crippen molar-refractivity contribution in [1.29, 1.82) is 0 Å². The summed E-state index contributed by atoms with van der Waals surface area (Å²) in [5.74, 6) is 1.52. The molecule has 0 heterocycles. The minimum atomic E-state index is -0.599. The van der Waals surface area contributed by atoms with E-state index in [1.807, 2.05) is 20.8 Å². The lowest BCUT2D eigenvalue weighted by Gasteiger charge is -2.58. The van der Waals surface area contributed by atoms with Gasteiger partial charge in [0.25, 0.3) is 0 Å². The van der Waals surface area contributed by atoms with Crippen LogP contribution >= 0.6 is 0 Å². The van der Waals surface area contributed by atoms with Gasteiger partial charge >= 0.3 is 12.1 Å². The average Bonchev–Trinajstić information content (AvgIpc) is 2.31. The molecule has 0 N–H and O–H groups in total. The second-order valence-corrected chi connectivity index (χ2v) is 8.50. The first-order valence-electron chi connectivity index (χ1n) is 8.39. The molecule has 22 heavy (non-hydrogen) atoms. The van der Waals surface area contributed by atoms with Crippen molar-refractivity contribution in [3.8, 4) is 0 Å². The van der Waals surface area contributed by atoms with Crippen LogP contribution in [-0.4, -0.2) is 28.3 Å². The maximum absolute atomic E-state index is 12.6. The van der Waals surface area contributed by atoms with Crippen LogP contribution in [0.2, 0.25) is 0 Å². The average molecular weight is 309 g/mol. The van der Waals surface area contributed by atoms with Crippen molar-refractivity contribution in [2.75, 3.05) is 0 Å². The number of hydrogen-bond acceptors (Lipinski definition) is 4. The van der Waals surface area contributed by atoms with E-state index >= 15 is 0 Å². The lowest BCUT2D eigenvalue weighted by atomic mass is 9.53. The fraction of sp³-hybridized carbons (Fsp3) is 0.882. The highest BCUT2D eigenvalue weighted by Crippen LogP contribution is 2.58. The number of ether oxygens (including phenoxy) is 1. The smallest absolute Gasteiger partial charge is 0.442 e. The normalized spacial score (nSPS) is 36.1. The molecule has 0 radical (unpaired) electrons. The van der Waals surface area contributed by atoms with Crippen LogP contribution in [0.4, 0.5) is 4.79 Å². The summed E-state index contributed by atoms with van der Waals surface area (Å²) >= 11 is 0. The van der Waals surface area contributed by atoms with Crippen molar-refractivity contribution in [2.45, 2.75) is 77.4 Å². The van der Waals surface area contributed by atoms with E-state index in [-0.39, 0.29) is 5.54 Å². The highest BCUT2D eigenvalue weighted by molar-refractivity contribution is 5.72. The van der Waals surface area contributed by atoms with Crippen LogP contribution in [0.3, 0.4) is 0 Å². The minimum absolute atomic E-state index is 0.344. The first-order valence-corrected chi connectivity index (χ1v) is 8.39. The van der Waals surface area contributed by atoms with Crippen LogP contribution in [0.1, 0.15) is 66.2 Å². The second-order valence-electron chi connectivity index (χ2n) is 8.50. The molecule has 0 aromatic rings. The van der Waals surface area contributed by atoms with Gasteiger partial charge in [0, 0.05) is 6.92 Å². The molecular weight excluding hydrogens is 282 g/mol. The van der Waals surface area contributed by atoms with E-state index in [1.165, 1.54) is 31.2 Å². The standard InChI is InChI=1S/C17H27NO4/c1-11(19)22-18(15(20)21-16(2,3)4)17-8-12-5-13(9-17)7-14(6-12)10-17/h12-14H,5-10H2,1-4H3. The lowest BCUT2D eigenvalue weighted by Crippen LogP contribution is -2.62. The molecule has 0 saturated heterocycles. The van der Waals surface area contributed by atoms with Crippen LogP contribution in [0.25, 0.3) is 0 Å². The summed E-state index contributed by atoms with van der Waals surface area (Å²) in [6, 6.07) is 0. The van der Waals surface area contributed by atoms with E-state index in [9.17, 15) is 9.59 Å². The molecule has 0 aromatic carbocycles. The van der Waals surface area contributed by atoms with Crippen LogP contribution in [-0.2, 0) is 14.4 Å². The van der Waals surface area contributed by atoms with E-state index in [0.29, 0.717) is 17.8 Å². The zero-order valence-corrected chi connectivity index (χ0v) is 14.1. The van der Waals surface area contributed by atoms with Gasteiger partial charge in [-0.1, -0.05) is 0 Å². The van der Waals surface area contributed by atoms with Gasteiger partial charge < -0.3 is 9.57 Å². The van der Waals surface area contributed by atoms with Crippen LogP contribution in [0.5, 0.6) is 0 Å². The Balaban J connectivity index is 1.85. The molecular formula is C17H27NO4. The zero-order chi connectivity index (χ0) is 16.1. The molecule has 5 nitrogen and oxygen atoms in total. The Hall–Kier alpha value is -1.26. The van der Waals surface area contributed by atoms with Gasteiger partial charge in [-0.3, -0.25) is 4.79 Å². The maximum Gasteiger partial charge on any atom is 0.444 e. The Morgan fingerprint density at radius 3 is 1.82 bits per heavy atom. The Kier molecular flexibility index (Phi) is 3.65. The molecule has 1 amide bonds. The topological polar surface area (TPSA) is 55.8 Å². The second kappa shape index (κ2) is 5.14. The Morgan fingerprint density at radius 2 is 1.45 bits per heavy atom. The van der Waals surface area contributed by atoms with Gasteiger partial charge in [0.1, 0.15) is 5.60 Å². The lowest BCUT2D eigenvalue weighted by molar-refractivity contribution is -0.235. The third-order valence-corrected chi connectivity index (χ3v) is 5.22. The molecule has 4 bridgehead atoms. The molecule has 4 saturated carbocycles. The van der Waals surface area contributed by atoms with Crippen molar-refractivity contribution in [3.63, 3.8) is 0 Å². The van der Waals surface area contributed by atoms with E-state index in [2.05, 4.69) is 0 Å². The number of nitrogens with zero attached hydrogens (tertiary/aromatic N) is 1. The van der Waals surface area contributed by atoms with E-state index < -0.39 is 17.7 Å². The number of amides is 1. The molecule has 0 atom stereocenters. The summed E-state index contributed by atoms with van der Waals surface area (Å²) < 4.78 is 5.50. The van der Waals surface area contributed by atoms with Crippen molar-refractivity contribution in [3.05, 3.63) is 0 Å². The minimum Gasteiger partial charge on any atom is -0.442 e. The Bertz CT molecular complexity index is 444. The number of carbonyl (C=O) groups is 2. The molecule has 4 aliphatic carbocycles. The molecule has 5 heteroatoms. The third-order valence-electron chi connectivity index (χ3n) is 5.22. The maximum atomic E-state index is 12.6. The van der Waals surface area contributed by atoms with E-state index in [4.69, 9.17) is 9.57 Å². The third kappa shape index (κ3) is 2.95. The van der Waals surface area contributed by atoms with Crippen molar-refractivity contribution >= 4 is 12.1 Å². The summed E-state index contributed by atoms with van der Waals surface area (Å²) in [6.07, 6.45) is 6.08. The summed E-state index contributed by atoms with van der Waals surface area (Å²) in [6.45, 7) is 6.83. The molecule has 4 aliphatic rings. The monoisotopic (exact) mass is 309 g/mol. The summed E-state index contributed by atoms with van der Waals surface area (Å²) in [5.41, 5.74) is -0.944. The molecule has 0 spiro atoms. The molecule has 0 unspecified atom stereocenters. The number of hydrogen-bond donors (Lipinski definition) is 0. The summed E-state index contributed by atoms with van der Waals surface area (Å²) in [4.78, 5) is 29.5. The quantitative estimate of drug-likeness (QED) is 0.693. The molecule has 4 fully saturated rings. The highest BCUT2D eigenvalue weighted by Gasteiger charge is 2.57. The van der Waals surface area contributed by atoms with Gasteiger partial charge in [-0.2, -0.15) is 0 Å². The van der Waals surface area contributed by atoms with Gasteiger partial charge in [0.15, 0.2) is 0 Å². The SMILES string of the molecule is CC(=O)ON(C(=O)OC(C)(C)C)C12CC3CC(CC(C3)C1)C2. The van der Waals surface area contributed by atoms with E-state index in [1.54, 1.807) is 0 Å². The van der Waals surface area contributed by atoms with Crippen molar-refractivity contribution < 1.29 is 19.2 Å². The fourth-order valence-electron chi connectivity index (χ4n) is 5.07. The number of rotatable bonds is 1. The molecule has 4 rings (SSSR count). The molecule has 0 aromatic heterocycles. The van der Waals surface area contributed by atoms with Gasteiger partial charge in [0.05, 0.1) is 5.54 Å². The fourth-order valence-corrected chi connectivity index (χ4v) is 5.07. The van der Waals surface area contributed by atoms with Gasteiger partial charge in [-0.25, -0.2) is 4.79 Å². The van der Waals surface area contributed by atoms with Crippen LogP contribution in [0, 0.1) is 17.8 Å². The van der Waals surface area contributed by atoms with Crippen LogP contribution < -0.4 is 0 Å².